The van der Waals surface area contributed by atoms with E-state index in [1.54, 1.807) is 7.05 Å². The van der Waals surface area contributed by atoms with Crippen LogP contribution in [-0.4, -0.2) is 36.2 Å². The highest BCUT2D eigenvalue weighted by Crippen LogP contribution is 2.10. The highest BCUT2D eigenvalue weighted by molar-refractivity contribution is 5.79. The van der Waals surface area contributed by atoms with Crippen LogP contribution in [0.2, 0.25) is 0 Å². The van der Waals surface area contributed by atoms with E-state index in [1.165, 1.54) is 0 Å². The Balaban J connectivity index is 2.19. The van der Waals surface area contributed by atoms with E-state index < -0.39 is 0 Å². The minimum atomic E-state index is 0.310. The smallest absolute Gasteiger partial charge is 0.226 e. The molecule has 0 saturated carbocycles. The Morgan fingerprint density at radius 3 is 2.48 bits per heavy atom. The Morgan fingerprint density at radius 1 is 1.19 bits per heavy atom. The Labute approximate surface area is 127 Å². The first-order valence-corrected chi connectivity index (χ1v) is 7.80. The molecule has 0 saturated heterocycles. The maximum atomic E-state index is 5.22. The van der Waals surface area contributed by atoms with Gasteiger partial charge in [0.1, 0.15) is 0 Å². The maximum absolute atomic E-state index is 5.22. The second-order valence-corrected chi connectivity index (χ2v) is 5.91. The molecule has 0 atom stereocenters. The van der Waals surface area contributed by atoms with Crippen molar-refractivity contribution in [3.63, 3.8) is 0 Å². The van der Waals surface area contributed by atoms with Crippen LogP contribution in [0.1, 0.15) is 58.2 Å². The average molecular weight is 295 g/mol. The van der Waals surface area contributed by atoms with E-state index >= 15 is 0 Å². The number of hydrogen-bond donors (Lipinski definition) is 2. The third-order valence-electron chi connectivity index (χ3n) is 3.10. The molecule has 2 N–H and O–H groups in total. The third-order valence-corrected chi connectivity index (χ3v) is 3.10. The molecular weight excluding hydrogens is 266 g/mol. The van der Waals surface area contributed by atoms with Crippen molar-refractivity contribution in [2.45, 2.75) is 52.9 Å². The molecule has 1 aromatic rings. The number of aryl methyl sites for hydroxylation is 1. The van der Waals surface area contributed by atoms with Gasteiger partial charge in [-0.05, 0) is 18.8 Å². The predicted molar refractivity (Wildman–Crippen MR) is 85.5 cm³/mol. The third kappa shape index (κ3) is 7.11. The normalized spacial score (nSPS) is 12.2. The van der Waals surface area contributed by atoms with Gasteiger partial charge < -0.3 is 15.2 Å². The van der Waals surface area contributed by atoms with E-state index in [0.29, 0.717) is 17.7 Å². The summed E-state index contributed by atoms with van der Waals surface area (Å²) >= 11 is 0. The van der Waals surface area contributed by atoms with Gasteiger partial charge in [-0.15, -0.1) is 0 Å². The van der Waals surface area contributed by atoms with Gasteiger partial charge in [0.15, 0.2) is 11.8 Å². The van der Waals surface area contributed by atoms with E-state index in [9.17, 15) is 0 Å². The Hall–Kier alpha value is -1.59. The van der Waals surface area contributed by atoms with Crippen molar-refractivity contribution in [2.75, 3.05) is 20.1 Å². The summed E-state index contributed by atoms with van der Waals surface area (Å²) in [6.07, 6.45) is 2.86. The first-order valence-electron chi connectivity index (χ1n) is 7.80. The van der Waals surface area contributed by atoms with Crippen molar-refractivity contribution < 1.29 is 4.52 Å². The first kappa shape index (κ1) is 17.5. The van der Waals surface area contributed by atoms with Crippen molar-refractivity contribution in [2.24, 2.45) is 10.9 Å². The van der Waals surface area contributed by atoms with Gasteiger partial charge in [-0.2, -0.15) is 4.98 Å². The second-order valence-electron chi connectivity index (χ2n) is 5.91. The molecule has 6 heteroatoms. The fourth-order valence-corrected chi connectivity index (χ4v) is 1.75. The SMILES string of the molecule is CN=C(NCCCc1nc(C(C)C)no1)NCCC(C)C. The standard InChI is InChI=1S/C15H29N5O/c1-11(2)8-10-18-15(16-5)17-9-6-7-13-19-14(12(3)4)20-21-13/h11-12H,6-10H2,1-5H3,(H2,16,17,18). The monoisotopic (exact) mass is 295 g/mol. The summed E-state index contributed by atoms with van der Waals surface area (Å²) in [6, 6.07) is 0. The summed E-state index contributed by atoms with van der Waals surface area (Å²) in [5.41, 5.74) is 0. The van der Waals surface area contributed by atoms with E-state index in [4.69, 9.17) is 4.52 Å². The number of rotatable bonds is 8. The molecule has 0 aliphatic rings. The number of nitrogens with zero attached hydrogens (tertiary/aromatic N) is 3. The van der Waals surface area contributed by atoms with Crippen molar-refractivity contribution in [3.8, 4) is 0 Å². The zero-order valence-electron chi connectivity index (χ0n) is 13.9. The minimum Gasteiger partial charge on any atom is -0.356 e. The molecule has 0 radical (unpaired) electrons. The summed E-state index contributed by atoms with van der Waals surface area (Å²) in [5, 5.41) is 10.6. The number of guanidine groups is 1. The van der Waals surface area contributed by atoms with Crippen LogP contribution in [-0.2, 0) is 6.42 Å². The Kier molecular flexibility index (Phi) is 7.79. The molecule has 1 aromatic heterocycles. The number of aromatic nitrogens is 2. The van der Waals surface area contributed by atoms with Crippen molar-refractivity contribution in [3.05, 3.63) is 11.7 Å². The van der Waals surface area contributed by atoms with Gasteiger partial charge in [-0.25, -0.2) is 0 Å². The van der Waals surface area contributed by atoms with Gasteiger partial charge in [-0.1, -0.05) is 32.9 Å². The summed E-state index contributed by atoms with van der Waals surface area (Å²) in [6.45, 7) is 10.3. The van der Waals surface area contributed by atoms with Gasteiger partial charge in [0, 0.05) is 32.5 Å². The molecule has 0 spiro atoms. The lowest BCUT2D eigenvalue weighted by Gasteiger charge is -2.12. The van der Waals surface area contributed by atoms with E-state index in [1.807, 2.05) is 0 Å². The fourth-order valence-electron chi connectivity index (χ4n) is 1.75. The van der Waals surface area contributed by atoms with E-state index in [2.05, 4.69) is 53.5 Å². The van der Waals surface area contributed by atoms with Crippen molar-refractivity contribution in [1.82, 2.24) is 20.8 Å². The molecule has 0 amide bonds. The lowest BCUT2D eigenvalue weighted by molar-refractivity contribution is 0.368. The maximum Gasteiger partial charge on any atom is 0.226 e. The fraction of sp³-hybridized carbons (Fsp3) is 0.800. The molecule has 120 valence electrons. The molecule has 0 aromatic carbocycles. The molecule has 21 heavy (non-hydrogen) atoms. The lowest BCUT2D eigenvalue weighted by atomic mass is 10.1. The zero-order chi connectivity index (χ0) is 15.7. The summed E-state index contributed by atoms with van der Waals surface area (Å²) < 4.78 is 5.22. The van der Waals surface area contributed by atoms with E-state index in [-0.39, 0.29) is 0 Å². The molecule has 0 bridgehead atoms. The second kappa shape index (κ2) is 9.37. The van der Waals surface area contributed by atoms with Crippen LogP contribution in [0.25, 0.3) is 0 Å². The minimum absolute atomic E-state index is 0.310. The molecule has 1 rings (SSSR count). The molecule has 6 nitrogen and oxygen atoms in total. The van der Waals surface area contributed by atoms with Crippen LogP contribution in [0.15, 0.2) is 9.52 Å². The van der Waals surface area contributed by atoms with Crippen LogP contribution in [0, 0.1) is 5.92 Å². The summed E-state index contributed by atoms with van der Waals surface area (Å²) in [5.74, 6) is 3.35. The average Bonchev–Trinajstić information content (AvgIpc) is 2.90. The summed E-state index contributed by atoms with van der Waals surface area (Å²) in [4.78, 5) is 8.56. The Bertz CT molecular complexity index is 425. The number of hydrogen-bond acceptors (Lipinski definition) is 4. The van der Waals surface area contributed by atoms with Crippen LogP contribution in [0.3, 0.4) is 0 Å². The largest absolute Gasteiger partial charge is 0.356 e. The van der Waals surface area contributed by atoms with Gasteiger partial charge in [-0.3, -0.25) is 4.99 Å². The number of nitrogens with one attached hydrogen (secondary N) is 2. The van der Waals surface area contributed by atoms with Crippen LogP contribution in [0.5, 0.6) is 0 Å². The predicted octanol–water partition coefficient (Wildman–Crippen LogP) is 2.34. The number of aliphatic imine (C=N–C) groups is 1. The molecule has 0 unspecified atom stereocenters. The first-order chi connectivity index (χ1) is 10.0. The van der Waals surface area contributed by atoms with Crippen LogP contribution < -0.4 is 10.6 Å². The van der Waals surface area contributed by atoms with Gasteiger partial charge in [0.05, 0.1) is 0 Å². The lowest BCUT2D eigenvalue weighted by Crippen LogP contribution is -2.38. The quantitative estimate of drug-likeness (QED) is 0.437. The topological polar surface area (TPSA) is 75.3 Å². The highest BCUT2D eigenvalue weighted by Gasteiger charge is 2.09. The van der Waals surface area contributed by atoms with E-state index in [0.717, 1.165) is 44.1 Å². The van der Waals surface area contributed by atoms with Crippen molar-refractivity contribution in [1.29, 1.82) is 0 Å². The molecule has 1 heterocycles. The molecule has 0 aliphatic carbocycles. The van der Waals surface area contributed by atoms with Gasteiger partial charge in [0.2, 0.25) is 5.89 Å². The van der Waals surface area contributed by atoms with Gasteiger partial charge >= 0.3 is 0 Å². The molecular formula is C15H29N5O. The van der Waals surface area contributed by atoms with Gasteiger partial charge in [0.25, 0.3) is 0 Å². The van der Waals surface area contributed by atoms with Crippen molar-refractivity contribution >= 4 is 5.96 Å². The Morgan fingerprint density at radius 2 is 1.90 bits per heavy atom. The van der Waals surface area contributed by atoms with Crippen LogP contribution >= 0.6 is 0 Å². The molecule has 0 fully saturated rings. The van der Waals surface area contributed by atoms with Crippen LogP contribution in [0.4, 0.5) is 0 Å². The molecule has 0 aliphatic heterocycles. The highest BCUT2D eigenvalue weighted by atomic mass is 16.5. The zero-order valence-corrected chi connectivity index (χ0v) is 13.9. The summed E-state index contributed by atoms with van der Waals surface area (Å²) in [7, 11) is 1.79.